The summed E-state index contributed by atoms with van der Waals surface area (Å²) in [4.78, 5) is 20.6. The smallest absolute Gasteiger partial charge is 0.247 e. The van der Waals surface area contributed by atoms with Crippen molar-refractivity contribution in [1.82, 2.24) is 24.5 Å². The zero-order valence-electron chi connectivity index (χ0n) is 23.9. The summed E-state index contributed by atoms with van der Waals surface area (Å²) in [5.74, 6) is 0.601. The van der Waals surface area contributed by atoms with Gasteiger partial charge in [-0.1, -0.05) is 78.9 Å². The molecule has 1 aliphatic rings. The minimum Gasteiger partial charge on any atom is -0.436 e. The van der Waals surface area contributed by atoms with Gasteiger partial charge in [-0.3, -0.25) is 14.5 Å². The van der Waals surface area contributed by atoms with Crippen LogP contribution in [0.2, 0.25) is 0 Å². The molecule has 45 heavy (non-hydrogen) atoms. The summed E-state index contributed by atoms with van der Waals surface area (Å²) in [7, 11) is -3.07. The standard InChI is InChI=1S/C38H23N5OSi/c1-3-14-30-28(12-1)41-38-43(30)31-15-4-6-17-33(31)45(38,34-21-20-25-19-18-24-10-8-22-39-35(24)36(25)42-34)27-11-7-9-26(23-27)37-40-29-13-2-5-16-32(29)44-37/h1-23H. The molecule has 5 heterocycles. The van der Waals surface area contributed by atoms with Crippen molar-refractivity contribution in [1.29, 1.82) is 0 Å². The third-order valence-corrected chi connectivity index (χ3v) is 13.6. The van der Waals surface area contributed by atoms with Gasteiger partial charge in [0.05, 0.1) is 22.1 Å². The number of hydrogen-bond acceptors (Lipinski definition) is 5. The molecule has 1 unspecified atom stereocenters. The summed E-state index contributed by atoms with van der Waals surface area (Å²) in [6, 6.07) is 46.4. The quantitative estimate of drug-likeness (QED) is 0.197. The summed E-state index contributed by atoms with van der Waals surface area (Å²) in [5, 5.41) is 5.58. The molecule has 0 amide bonds. The van der Waals surface area contributed by atoms with Gasteiger partial charge in [0, 0.05) is 33.5 Å². The van der Waals surface area contributed by atoms with E-state index < -0.39 is 8.07 Å². The number of hydrogen-bond donors (Lipinski definition) is 0. The molecule has 0 radical (unpaired) electrons. The Morgan fingerprint density at radius 2 is 1.40 bits per heavy atom. The largest absolute Gasteiger partial charge is 0.436 e. The Morgan fingerprint density at radius 3 is 2.33 bits per heavy atom. The number of fused-ring (bicyclic) bond motifs is 9. The van der Waals surface area contributed by atoms with E-state index >= 15 is 0 Å². The van der Waals surface area contributed by atoms with Gasteiger partial charge in [-0.2, -0.15) is 0 Å². The Morgan fingerprint density at radius 1 is 0.600 bits per heavy atom. The molecule has 0 saturated carbocycles. The highest BCUT2D eigenvalue weighted by molar-refractivity contribution is 7.20. The molecule has 7 heteroatoms. The number of benzene rings is 5. The van der Waals surface area contributed by atoms with Crippen LogP contribution in [0.3, 0.4) is 0 Å². The molecule has 0 saturated heterocycles. The summed E-state index contributed by atoms with van der Waals surface area (Å²) in [6.45, 7) is 0. The molecule has 0 bridgehead atoms. The van der Waals surface area contributed by atoms with Gasteiger partial charge in [-0.25, -0.2) is 9.97 Å². The van der Waals surface area contributed by atoms with Crippen molar-refractivity contribution < 1.29 is 4.42 Å². The maximum absolute atomic E-state index is 6.26. The van der Waals surface area contributed by atoms with Crippen LogP contribution in [-0.4, -0.2) is 32.6 Å². The van der Waals surface area contributed by atoms with Crippen molar-refractivity contribution >= 4 is 73.2 Å². The fourth-order valence-corrected chi connectivity index (χ4v) is 11.9. The van der Waals surface area contributed by atoms with Gasteiger partial charge >= 0.3 is 0 Å². The SMILES string of the molecule is c1cc(-c2nc3ccccc3o2)cc([Si]2(c3ccc4ccc5cccnc5c4n3)c3ccccc3-n3c2nc2ccccc23)c1. The summed E-state index contributed by atoms with van der Waals surface area (Å²) < 4.78 is 8.62. The van der Waals surface area contributed by atoms with E-state index in [0.717, 1.165) is 66.0 Å². The van der Waals surface area contributed by atoms with Crippen molar-refractivity contribution in [3.05, 3.63) is 140 Å². The molecule has 9 aromatic rings. The van der Waals surface area contributed by atoms with Crippen LogP contribution in [0.5, 0.6) is 0 Å². The fourth-order valence-electron chi connectivity index (χ4n) is 7.13. The lowest BCUT2D eigenvalue weighted by Gasteiger charge is -2.27. The van der Waals surface area contributed by atoms with Crippen LogP contribution < -0.4 is 21.1 Å². The van der Waals surface area contributed by atoms with Crippen LogP contribution in [0.1, 0.15) is 0 Å². The van der Waals surface area contributed by atoms with Crippen LogP contribution in [0, 0.1) is 0 Å². The first-order chi connectivity index (χ1) is 22.3. The Bertz CT molecular complexity index is 2610. The van der Waals surface area contributed by atoms with Gasteiger partial charge in [0.2, 0.25) is 14.0 Å². The molecule has 6 nitrogen and oxygen atoms in total. The zero-order valence-corrected chi connectivity index (χ0v) is 24.9. The molecule has 0 spiro atoms. The van der Waals surface area contributed by atoms with Crippen LogP contribution in [-0.2, 0) is 0 Å². The first kappa shape index (κ1) is 24.5. The predicted molar refractivity (Wildman–Crippen MR) is 182 cm³/mol. The average Bonchev–Trinajstić information content (AvgIpc) is 3.79. The maximum atomic E-state index is 6.26. The van der Waals surface area contributed by atoms with Crippen LogP contribution in [0.25, 0.3) is 61.1 Å². The lowest BCUT2D eigenvalue weighted by Crippen LogP contribution is -2.74. The molecule has 4 aromatic heterocycles. The van der Waals surface area contributed by atoms with E-state index in [1.165, 1.54) is 10.4 Å². The van der Waals surface area contributed by atoms with E-state index in [1.54, 1.807) is 0 Å². The van der Waals surface area contributed by atoms with E-state index in [-0.39, 0.29) is 0 Å². The normalized spacial score (nSPS) is 15.6. The lowest BCUT2D eigenvalue weighted by molar-refractivity contribution is 0.620. The van der Waals surface area contributed by atoms with Gasteiger partial charge < -0.3 is 4.42 Å². The number of imidazole rings is 1. The van der Waals surface area contributed by atoms with E-state index in [4.69, 9.17) is 24.4 Å². The van der Waals surface area contributed by atoms with Crippen molar-refractivity contribution in [2.45, 2.75) is 0 Å². The minimum atomic E-state index is -3.07. The van der Waals surface area contributed by atoms with Crippen LogP contribution in [0.15, 0.2) is 144 Å². The third-order valence-electron chi connectivity index (χ3n) is 9.10. The topological polar surface area (TPSA) is 69.6 Å². The molecule has 1 atom stereocenters. The highest BCUT2D eigenvalue weighted by Gasteiger charge is 2.53. The Balaban J connectivity index is 1.33. The molecular formula is C38H23N5OSi. The predicted octanol–water partition coefficient (Wildman–Crippen LogP) is 5.62. The summed E-state index contributed by atoms with van der Waals surface area (Å²) in [6.07, 6.45) is 1.84. The van der Waals surface area contributed by atoms with Crippen molar-refractivity contribution in [2.24, 2.45) is 0 Å². The third kappa shape index (κ3) is 3.33. The monoisotopic (exact) mass is 593 g/mol. The molecule has 10 rings (SSSR count). The second-order valence-corrected chi connectivity index (χ2v) is 15.1. The number of rotatable bonds is 3. The molecule has 0 fully saturated rings. The number of aromatic nitrogens is 5. The van der Waals surface area contributed by atoms with Gasteiger partial charge in [-0.15, -0.1) is 0 Å². The molecular weight excluding hydrogens is 571 g/mol. The van der Waals surface area contributed by atoms with Gasteiger partial charge in [-0.05, 0) is 65.0 Å². The van der Waals surface area contributed by atoms with Crippen molar-refractivity contribution in [3.63, 3.8) is 0 Å². The second kappa shape index (κ2) is 9.04. The fraction of sp³-hybridized carbons (Fsp3) is 0. The number of nitrogens with zero attached hydrogens (tertiary/aromatic N) is 5. The zero-order chi connectivity index (χ0) is 29.5. The molecule has 210 valence electrons. The molecule has 5 aromatic carbocycles. The first-order valence-electron chi connectivity index (χ1n) is 15.0. The maximum Gasteiger partial charge on any atom is 0.247 e. The summed E-state index contributed by atoms with van der Waals surface area (Å²) in [5.41, 5.74) is 8.61. The molecule has 1 aliphatic heterocycles. The van der Waals surface area contributed by atoms with Gasteiger partial charge in [0.15, 0.2) is 5.58 Å². The van der Waals surface area contributed by atoms with Crippen LogP contribution >= 0.6 is 0 Å². The molecule has 0 N–H and O–H groups in total. The van der Waals surface area contributed by atoms with Crippen LogP contribution in [0.4, 0.5) is 0 Å². The number of pyridine rings is 2. The van der Waals surface area contributed by atoms with Crippen molar-refractivity contribution in [3.8, 4) is 17.1 Å². The van der Waals surface area contributed by atoms with E-state index in [2.05, 4.69) is 108 Å². The first-order valence-corrected chi connectivity index (χ1v) is 17.0. The Hall–Kier alpha value is -5.92. The van der Waals surface area contributed by atoms with E-state index in [9.17, 15) is 0 Å². The molecule has 0 aliphatic carbocycles. The Kier molecular flexibility index (Phi) is 4.93. The Labute approximate surface area is 258 Å². The second-order valence-electron chi connectivity index (χ2n) is 11.5. The minimum absolute atomic E-state index is 0.601. The highest BCUT2D eigenvalue weighted by atomic mass is 28.3. The van der Waals surface area contributed by atoms with Gasteiger partial charge in [0.25, 0.3) is 0 Å². The number of oxazole rings is 1. The number of para-hydroxylation sites is 5. The van der Waals surface area contributed by atoms with E-state index in [1.807, 2.05) is 36.5 Å². The highest BCUT2D eigenvalue weighted by Crippen LogP contribution is 2.29. The van der Waals surface area contributed by atoms with Gasteiger partial charge in [0.1, 0.15) is 11.0 Å². The average molecular weight is 594 g/mol. The van der Waals surface area contributed by atoms with E-state index in [0.29, 0.717) is 5.89 Å². The summed E-state index contributed by atoms with van der Waals surface area (Å²) >= 11 is 0. The lowest BCUT2D eigenvalue weighted by atomic mass is 10.1. The van der Waals surface area contributed by atoms with Crippen molar-refractivity contribution in [2.75, 3.05) is 0 Å².